The molecule has 7 heteroatoms. The predicted molar refractivity (Wildman–Crippen MR) is 118 cm³/mol. The monoisotopic (exact) mass is 475 g/mol. The molecule has 0 aliphatic heterocycles. The van der Waals surface area contributed by atoms with E-state index in [1.807, 2.05) is 12.1 Å². The molecule has 0 spiro atoms. The molecule has 0 bridgehead atoms. The van der Waals surface area contributed by atoms with E-state index in [-0.39, 0.29) is 17.9 Å². The number of halogens is 2. The number of amides is 1. The molecule has 0 fully saturated rings. The third-order valence-corrected chi connectivity index (χ3v) is 4.77. The van der Waals surface area contributed by atoms with Crippen molar-refractivity contribution < 1.29 is 13.9 Å². The van der Waals surface area contributed by atoms with Gasteiger partial charge in [0.15, 0.2) is 0 Å². The number of anilines is 1. The van der Waals surface area contributed by atoms with Crippen LogP contribution in [-0.4, -0.2) is 5.91 Å². The highest BCUT2D eigenvalue weighted by molar-refractivity contribution is 9.10. The van der Waals surface area contributed by atoms with Gasteiger partial charge in [-0.05, 0) is 42.5 Å². The van der Waals surface area contributed by atoms with Crippen LogP contribution in [0.4, 0.5) is 10.1 Å². The number of nitriles is 2. The number of hydrogen-bond donors (Lipinski definition) is 1. The molecule has 0 aromatic heterocycles. The molecule has 0 heterocycles. The Morgan fingerprint density at radius 3 is 2.58 bits per heavy atom. The summed E-state index contributed by atoms with van der Waals surface area (Å²) in [6.07, 6.45) is 1.37. The Morgan fingerprint density at radius 2 is 1.84 bits per heavy atom. The third-order valence-electron chi connectivity index (χ3n) is 4.28. The van der Waals surface area contributed by atoms with Crippen LogP contribution < -0.4 is 10.1 Å². The van der Waals surface area contributed by atoms with Crippen molar-refractivity contribution in [3.05, 3.63) is 99.3 Å². The molecule has 0 atom stereocenters. The molecule has 1 amide bonds. The van der Waals surface area contributed by atoms with Gasteiger partial charge >= 0.3 is 0 Å². The smallest absolute Gasteiger partial charge is 0.266 e. The van der Waals surface area contributed by atoms with E-state index in [0.29, 0.717) is 22.4 Å². The quantitative estimate of drug-likeness (QED) is 0.372. The summed E-state index contributed by atoms with van der Waals surface area (Å²) in [6, 6.07) is 21.9. The Kier molecular flexibility index (Phi) is 7.16. The van der Waals surface area contributed by atoms with Gasteiger partial charge in [-0.3, -0.25) is 4.79 Å². The normalized spacial score (nSPS) is 10.6. The molecule has 1 N–H and O–H groups in total. The summed E-state index contributed by atoms with van der Waals surface area (Å²) in [6.45, 7) is 0.134. The van der Waals surface area contributed by atoms with Gasteiger partial charge in [0.2, 0.25) is 0 Å². The Bertz CT molecular complexity index is 1240. The van der Waals surface area contributed by atoms with Crippen LogP contribution in [0.15, 0.2) is 76.8 Å². The zero-order chi connectivity index (χ0) is 22.2. The van der Waals surface area contributed by atoms with E-state index in [4.69, 9.17) is 4.74 Å². The van der Waals surface area contributed by atoms with E-state index >= 15 is 0 Å². The minimum Gasteiger partial charge on any atom is -0.488 e. The van der Waals surface area contributed by atoms with Crippen LogP contribution in [0.5, 0.6) is 5.75 Å². The molecule has 0 aliphatic rings. The van der Waals surface area contributed by atoms with Crippen molar-refractivity contribution in [2.45, 2.75) is 6.61 Å². The van der Waals surface area contributed by atoms with Gasteiger partial charge in [-0.15, -0.1) is 0 Å². The first-order valence-electron chi connectivity index (χ1n) is 9.10. The number of benzene rings is 3. The molecule has 0 saturated heterocycles. The lowest BCUT2D eigenvalue weighted by Crippen LogP contribution is -2.14. The number of carbonyl (C=O) groups is 1. The summed E-state index contributed by atoms with van der Waals surface area (Å²) < 4.78 is 20.4. The van der Waals surface area contributed by atoms with Crippen molar-refractivity contribution in [3.63, 3.8) is 0 Å². The maximum Gasteiger partial charge on any atom is 0.266 e. The Morgan fingerprint density at radius 1 is 1.10 bits per heavy atom. The molecule has 152 valence electrons. The van der Waals surface area contributed by atoms with Gasteiger partial charge in [-0.25, -0.2) is 4.39 Å². The molecule has 0 radical (unpaired) electrons. The molecule has 3 aromatic carbocycles. The second kappa shape index (κ2) is 10.2. The van der Waals surface area contributed by atoms with Crippen molar-refractivity contribution in [3.8, 4) is 17.9 Å². The van der Waals surface area contributed by atoms with Crippen LogP contribution in [0.25, 0.3) is 6.08 Å². The van der Waals surface area contributed by atoms with E-state index < -0.39 is 11.7 Å². The Hall–Kier alpha value is -3.94. The molecule has 0 saturated carbocycles. The van der Waals surface area contributed by atoms with Crippen LogP contribution in [0.2, 0.25) is 0 Å². The van der Waals surface area contributed by atoms with Crippen LogP contribution >= 0.6 is 15.9 Å². The van der Waals surface area contributed by atoms with Crippen molar-refractivity contribution in [2.24, 2.45) is 0 Å². The van der Waals surface area contributed by atoms with Crippen LogP contribution in [0.3, 0.4) is 0 Å². The zero-order valence-corrected chi connectivity index (χ0v) is 17.7. The number of hydrogen-bond acceptors (Lipinski definition) is 4. The highest BCUT2D eigenvalue weighted by Crippen LogP contribution is 2.27. The second-order valence-corrected chi connectivity index (χ2v) is 7.26. The van der Waals surface area contributed by atoms with Crippen LogP contribution in [0, 0.1) is 28.5 Å². The van der Waals surface area contributed by atoms with E-state index in [0.717, 1.165) is 4.47 Å². The summed E-state index contributed by atoms with van der Waals surface area (Å²) >= 11 is 3.37. The van der Waals surface area contributed by atoms with Gasteiger partial charge in [-0.2, -0.15) is 10.5 Å². The van der Waals surface area contributed by atoms with Gasteiger partial charge in [0.25, 0.3) is 5.91 Å². The third kappa shape index (κ3) is 5.57. The standard InChI is InChI=1S/C24H15BrFN3O2/c25-20-9-10-23(31-15-17-6-2-1-5-16(17)13-27)18(12-20)11-19(14-28)24(30)29-22-8-4-3-7-21(22)26/h1-12H,15H2,(H,29,30)/b19-11-. The number of ether oxygens (including phenoxy) is 1. The number of nitrogens with zero attached hydrogens (tertiary/aromatic N) is 2. The van der Waals surface area contributed by atoms with E-state index in [2.05, 4.69) is 27.3 Å². The second-order valence-electron chi connectivity index (χ2n) is 6.34. The van der Waals surface area contributed by atoms with E-state index in [1.165, 1.54) is 24.3 Å². The minimum atomic E-state index is -0.742. The first-order chi connectivity index (χ1) is 15.0. The van der Waals surface area contributed by atoms with Crippen molar-refractivity contribution in [1.29, 1.82) is 10.5 Å². The Labute approximate surface area is 187 Å². The molecule has 31 heavy (non-hydrogen) atoms. The zero-order valence-electron chi connectivity index (χ0n) is 16.1. The first kappa shape index (κ1) is 21.8. The molecule has 0 aliphatic carbocycles. The number of rotatable bonds is 6. The summed E-state index contributed by atoms with van der Waals surface area (Å²) in [5.74, 6) is -0.925. The van der Waals surface area contributed by atoms with Crippen LogP contribution in [-0.2, 0) is 11.4 Å². The molecule has 3 aromatic rings. The van der Waals surface area contributed by atoms with E-state index in [1.54, 1.807) is 42.5 Å². The van der Waals surface area contributed by atoms with Gasteiger partial charge < -0.3 is 10.1 Å². The fourth-order valence-electron chi connectivity index (χ4n) is 2.73. The molecule has 5 nitrogen and oxygen atoms in total. The van der Waals surface area contributed by atoms with Gasteiger partial charge in [0.1, 0.15) is 29.8 Å². The summed E-state index contributed by atoms with van der Waals surface area (Å²) in [5, 5.41) is 21.1. The van der Waals surface area contributed by atoms with E-state index in [9.17, 15) is 19.7 Å². The largest absolute Gasteiger partial charge is 0.488 e. The summed E-state index contributed by atoms with van der Waals surface area (Å²) in [4.78, 5) is 12.5. The fraction of sp³-hybridized carbons (Fsp3) is 0.0417. The SMILES string of the molecule is N#C/C(=C/c1cc(Br)ccc1OCc1ccccc1C#N)C(=O)Nc1ccccc1F. The number of nitrogens with one attached hydrogen (secondary N) is 1. The average molecular weight is 476 g/mol. The molecule has 3 rings (SSSR count). The lowest BCUT2D eigenvalue weighted by Gasteiger charge is -2.11. The van der Waals surface area contributed by atoms with Gasteiger partial charge in [-0.1, -0.05) is 46.3 Å². The van der Waals surface area contributed by atoms with Crippen molar-refractivity contribution in [2.75, 3.05) is 5.32 Å². The number of carbonyl (C=O) groups excluding carboxylic acids is 1. The maximum atomic E-state index is 13.8. The summed E-state index contributed by atoms with van der Waals surface area (Å²) in [7, 11) is 0. The van der Waals surface area contributed by atoms with Gasteiger partial charge in [0.05, 0.1) is 17.3 Å². The lowest BCUT2D eigenvalue weighted by atomic mass is 10.1. The Balaban J connectivity index is 1.87. The topological polar surface area (TPSA) is 85.9 Å². The first-order valence-corrected chi connectivity index (χ1v) is 9.89. The van der Waals surface area contributed by atoms with Crippen molar-refractivity contribution in [1.82, 2.24) is 0 Å². The van der Waals surface area contributed by atoms with Crippen molar-refractivity contribution >= 4 is 33.6 Å². The van der Waals surface area contributed by atoms with Gasteiger partial charge in [0, 0.05) is 15.6 Å². The molecular weight excluding hydrogens is 461 g/mol. The molecule has 0 unspecified atom stereocenters. The molecular formula is C24H15BrFN3O2. The fourth-order valence-corrected chi connectivity index (χ4v) is 3.11. The highest BCUT2D eigenvalue weighted by Gasteiger charge is 2.14. The minimum absolute atomic E-state index is 0.0209. The lowest BCUT2D eigenvalue weighted by molar-refractivity contribution is -0.112. The summed E-state index contributed by atoms with van der Waals surface area (Å²) in [5.41, 5.74) is 1.44. The average Bonchev–Trinajstić information content (AvgIpc) is 2.78. The van der Waals surface area contributed by atoms with Crippen LogP contribution in [0.1, 0.15) is 16.7 Å². The predicted octanol–water partition coefficient (Wildman–Crippen LogP) is 5.58. The highest BCUT2D eigenvalue weighted by atomic mass is 79.9. The number of para-hydroxylation sites is 1. The maximum absolute atomic E-state index is 13.8.